The van der Waals surface area contributed by atoms with Crippen LogP contribution in [0.3, 0.4) is 0 Å². The molecular formula is C55H61N6+. The number of benzene rings is 1. The Balaban J connectivity index is 1.59. The minimum Gasteiger partial charge on any atom is -0.302 e. The molecule has 0 bridgehead atoms. The molecule has 0 spiro atoms. The summed E-state index contributed by atoms with van der Waals surface area (Å²) in [4.78, 5) is 0. The molecule has 0 aliphatic carbocycles. The van der Waals surface area contributed by atoms with Gasteiger partial charge in [0.05, 0.1) is 55.2 Å². The highest BCUT2D eigenvalue weighted by atomic mass is 15.2. The van der Waals surface area contributed by atoms with Crippen molar-refractivity contribution in [3.63, 3.8) is 0 Å². The molecule has 310 valence electrons. The molecule has 0 aliphatic rings. The van der Waals surface area contributed by atoms with E-state index >= 15 is 0 Å². The number of fused-ring (bicyclic) bond motifs is 5. The summed E-state index contributed by atoms with van der Waals surface area (Å²) in [5, 5.41) is 0. The zero-order chi connectivity index (χ0) is 42.0. The van der Waals surface area contributed by atoms with Crippen LogP contribution in [0.5, 0.6) is 0 Å². The van der Waals surface area contributed by atoms with Gasteiger partial charge in [-0.1, -0.05) is 83.1 Å². The summed E-state index contributed by atoms with van der Waals surface area (Å²) in [5.41, 5.74) is 44.7. The molecule has 6 heteroatoms. The highest BCUT2D eigenvalue weighted by Crippen LogP contribution is 2.53. The highest BCUT2D eigenvalue weighted by molar-refractivity contribution is 6.28. The Morgan fingerprint density at radius 1 is 0.262 bits per heavy atom. The molecule has 61 heavy (non-hydrogen) atoms. The molecule has 12 aromatic heterocycles. The van der Waals surface area contributed by atoms with Gasteiger partial charge in [0, 0.05) is 17.2 Å². The fourth-order valence-corrected chi connectivity index (χ4v) is 14.9. The van der Waals surface area contributed by atoms with E-state index in [0.717, 1.165) is 77.0 Å². The van der Waals surface area contributed by atoms with Gasteiger partial charge in [0.2, 0.25) is 11.0 Å². The third kappa shape index (κ3) is 3.43. The van der Waals surface area contributed by atoms with E-state index in [9.17, 15) is 0 Å². The standard InChI is InChI=1S/C55H61N6/c1-13-26-28(15-3)40-42-30(17-5)32(19-7)44-46-34(21-9)36(23-11)48-49-37(24-12)35(22-10)47-45-33(20-8)31(18-6)43-41-29(16-4)27(14-2)39-25-38(26)56(40)50-51(57(39)41)53(59(43)45)55(61(47)49)54(60(46)48)52(50)58(42)44/h25H,13-24H2,1-12H3/q+1. The monoisotopic (exact) mass is 805 g/mol. The molecule has 0 aliphatic heterocycles. The summed E-state index contributed by atoms with van der Waals surface area (Å²) in [6.07, 6.45) is 12.3. The van der Waals surface area contributed by atoms with E-state index in [2.05, 4.69) is 116 Å². The van der Waals surface area contributed by atoms with Crippen molar-refractivity contribution in [2.75, 3.05) is 0 Å². The van der Waals surface area contributed by atoms with E-state index in [4.69, 9.17) is 0 Å². The maximum absolute atomic E-state index is 2.88. The molecule has 0 radical (unpaired) electrons. The first-order chi connectivity index (χ1) is 29.9. The Kier molecular flexibility index (Phi) is 7.06. The average molecular weight is 806 g/mol. The van der Waals surface area contributed by atoms with Crippen molar-refractivity contribution < 1.29 is 4.40 Å². The molecule has 0 atom stereocenters. The van der Waals surface area contributed by atoms with Crippen LogP contribution in [-0.4, -0.2) is 22.0 Å². The van der Waals surface area contributed by atoms with E-state index in [0.29, 0.717) is 0 Å². The first kappa shape index (κ1) is 36.4. The lowest BCUT2D eigenvalue weighted by Gasteiger charge is -2.23. The summed E-state index contributed by atoms with van der Waals surface area (Å²) in [6, 6.07) is 2.68. The van der Waals surface area contributed by atoms with Crippen LogP contribution >= 0.6 is 0 Å². The number of aromatic nitrogens is 6. The van der Waals surface area contributed by atoms with E-state index in [1.807, 2.05) is 0 Å². The molecule has 0 unspecified atom stereocenters. The SMILES string of the molecule is CCc1c(CC)c2c3c(CC)c(CC)c4c5c(CC)c(CC)c6c7c(CC)c(CC)c8c9c(CC)c(CC)c%10c%11c(CC)c(CC)c%12cc1n2c1c(c(c(c(c1[n+]%12%11)n9%10)n78)n56)n34. The first-order valence-corrected chi connectivity index (χ1v) is 24.6. The maximum atomic E-state index is 2.88. The van der Waals surface area contributed by atoms with E-state index in [1.54, 1.807) is 55.6 Å². The van der Waals surface area contributed by atoms with Gasteiger partial charge in [-0.2, -0.15) is 0 Å². The highest BCUT2D eigenvalue weighted by Gasteiger charge is 2.42. The van der Waals surface area contributed by atoms with Crippen molar-refractivity contribution in [1.82, 2.24) is 22.0 Å². The summed E-state index contributed by atoms with van der Waals surface area (Å²) in [6.45, 7) is 29.1. The fourth-order valence-electron chi connectivity index (χ4n) is 14.9. The topological polar surface area (TPSA) is 26.1 Å². The summed E-state index contributed by atoms with van der Waals surface area (Å²) < 4.78 is 17.2. The van der Waals surface area contributed by atoms with Gasteiger partial charge >= 0.3 is 0 Å². The van der Waals surface area contributed by atoms with Gasteiger partial charge in [-0.3, -0.25) is 8.80 Å². The lowest BCUT2D eigenvalue weighted by Crippen LogP contribution is -2.25. The minimum atomic E-state index is 1.02. The Morgan fingerprint density at radius 3 is 0.902 bits per heavy atom. The minimum absolute atomic E-state index is 1.02. The molecule has 13 rings (SSSR count). The summed E-state index contributed by atoms with van der Waals surface area (Å²) >= 11 is 0. The molecule has 13 aromatic rings. The largest absolute Gasteiger partial charge is 0.302 e. The number of nitrogens with zero attached hydrogens (tertiary/aromatic N) is 6. The number of hydrogen-bond acceptors (Lipinski definition) is 0. The van der Waals surface area contributed by atoms with Crippen molar-refractivity contribution in [3.8, 4) is 0 Å². The molecule has 0 saturated carbocycles. The average Bonchev–Trinajstić information content (AvgIpc) is 4.09. The molecule has 0 fully saturated rings. The van der Waals surface area contributed by atoms with Crippen LogP contribution in [-0.2, 0) is 77.0 Å². The van der Waals surface area contributed by atoms with Gasteiger partial charge in [0.15, 0.2) is 0 Å². The predicted molar refractivity (Wildman–Crippen MR) is 259 cm³/mol. The van der Waals surface area contributed by atoms with Crippen LogP contribution in [0.4, 0.5) is 0 Å². The number of hydrogen-bond donors (Lipinski definition) is 0. The Bertz CT molecular complexity index is 3640. The lowest BCUT2D eigenvalue weighted by molar-refractivity contribution is -0.447. The van der Waals surface area contributed by atoms with Gasteiger partial charge in [-0.25, -0.2) is 0 Å². The third-order valence-corrected chi connectivity index (χ3v) is 16.7. The Labute approximate surface area is 357 Å². The normalized spacial score (nSPS) is 13.7. The van der Waals surface area contributed by atoms with Crippen molar-refractivity contribution in [3.05, 3.63) is 72.8 Å². The Hall–Kier alpha value is -5.23. The molecule has 0 amide bonds. The summed E-state index contributed by atoms with van der Waals surface area (Å²) in [5.74, 6) is 0. The fraction of sp³-hybridized carbons (Fsp3) is 0.436. The second-order valence-corrected chi connectivity index (χ2v) is 18.5. The van der Waals surface area contributed by atoms with E-state index < -0.39 is 0 Å². The van der Waals surface area contributed by atoms with Crippen LogP contribution in [0, 0.1) is 0 Å². The number of rotatable bonds is 12. The van der Waals surface area contributed by atoms with E-state index in [1.165, 1.54) is 110 Å². The van der Waals surface area contributed by atoms with Crippen LogP contribution in [0.1, 0.15) is 150 Å². The van der Waals surface area contributed by atoms with Gasteiger partial charge in [-0.15, -0.1) is 4.40 Å². The molecule has 1 aromatic carbocycles. The lowest BCUT2D eigenvalue weighted by atomic mass is 9.99. The maximum Gasteiger partial charge on any atom is 0.264 e. The van der Waals surface area contributed by atoms with Crippen LogP contribution < -0.4 is 4.40 Å². The van der Waals surface area contributed by atoms with Gasteiger partial charge in [0.25, 0.3) is 5.52 Å². The third-order valence-electron chi connectivity index (χ3n) is 16.7. The zero-order valence-electron chi connectivity index (χ0n) is 38.7. The van der Waals surface area contributed by atoms with Crippen molar-refractivity contribution >= 4 is 99.3 Å². The molecule has 0 saturated heterocycles. The molecule has 0 N–H and O–H groups in total. The molecule has 12 heterocycles. The Morgan fingerprint density at radius 2 is 0.541 bits per heavy atom. The zero-order valence-corrected chi connectivity index (χ0v) is 38.7. The van der Waals surface area contributed by atoms with Crippen molar-refractivity contribution in [2.45, 2.75) is 160 Å². The van der Waals surface area contributed by atoms with Gasteiger partial charge < -0.3 is 13.2 Å². The summed E-state index contributed by atoms with van der Waals surface area (Å²) in [7, 11) is 0. The van der Waals surface area contributed by atoms with Crippen LogP contribution in [0.25, 0.3) is 99.3 Å². The molecular weight excluding hydrogens is 745 g/mol. The van der Waals surface area contributed by atoms with Crippen molar-refractivity contribution in [2.24, 2.45) is 0 Å². The van der Waals surface area contributed by atoms with E-state index in [-0.39, 0.29) is 0 Å². The molecule has 6 nitrogen and oxygen atoms in total. The van der Waals surface area contributed by atoms with Gasteiger partial charge in [0.1, 0.15) is 27.6 Å². The van der Waals surface area contributed by atoms with Crippen LogP contribution in [0.15, 0.2) is 6.07 Å². The quantitative estimate of drug-likeness (QED) is 0.0668. The smallest absolute Gasteiger partial charge is 0.264 e. The predicted octanol–water partition coefficient (Wildman–Crippen LogP) is 13.0. The van der Waals surface area contributed by atoms with Crippen LogP contribution in [0.2, 0.25) is 0 Å². The second kappa shape index (κ2) is 11.8. The van der Waals surface area contributed by atoms with Crippen molar-refractivity contribution in [1.29, 1.82) is 0 Å². The number of aryl methyl sites for hydroxylation is 12. The first-order valence-electron chi connectivity index (χ1n) is 24.6. The second-order valence-electron chi connectivity index (χ2n) is 18.5. The van der Waals surface area contributed by atoms with Gasteiger partial charge in [-0.05, 0) is 133 Å².